The molecule has 0 aliphatic rings. The van der Waals surface area contributed by atoms with Crippen molar-refractivity contribution in [1.29, 1.82) is 0 Å². The quantitative estimate of drug-likeness (QED) is 0.641. The van der Waals surface area contributed by atoms with Gasteiger partial charge in [0, 0.05) is 11.3 Å². The molecular formula is C16H18N2O4S. The van der Waals surface area contributed by atoms with Crippen LogP contribution in [0.2, 0.25) is 0 Å². The number of rotatable bonds is 5. The third kappa shape index (κ3) is 3.88. The van der Waals surface area contributed by atoms with Crippen LogP contribution < -0.4 is 10.5 Å². The van der Waals surface area contributed by atoms with Crippen LogP contribution in [0.1, 0.15) is 6.92 Å². The summed E-state index contributed by atoms with van der Waals surface area (Å²) in [6, 6.07) is 12.6. The van der Waals surface area contributed by atoms with Crippen molar-refractivity contribution in [2.45, 2.75) is 17.9 Å². The van der Waals surface area contributed by atoms with E-state index in [0.29, 0.717) is 5.69 Å². The van der Waals surface area contributed by atoms with Crippen molar-refractivity contribution >= 4 is 21.7 Å². The van der Waals surface area contributed by atoms with Crippen LogP contribution in [0.3, 0.4) is 0 Å². The second-order valence-electron chi connectivity index (χ2n) is 4.98. The minimum atomic E-state index is -3.81. The molecule has 2 rings (SSSR count). The zero-order valence-electron chi connectivity index (χ0n) is 12.8. The lowest BCUT2D eigenvalue weighted by molar-refractivity contribution is -0.142. The summed E-state index contributed by atoms with van der Waals surface area (Å²) >= 11 is 0. The first-order valence-corrected chi connectivity index (χ1v) is 8.38. The van der Waals surface area contributed by atoms with Gasteiger partial charge in [-0.25, -0.2) is 8.42 Å². The summed E-state index contributed by atoms with van der Waals surface area (Å²) in [7, 11) is -2.61. The van der Waals surface area contributed by atoms with E-state index in [1.54, 1.807) is 18.2 Å². The summed E-state index contributed by atoms with van der Waals surface area (Å²) in [6.07, 6.45) is 0. The molecule has 0 heterocycles. The Labute approximate surface area is 135 Å². The van der Waals surface area contributed by atoms with Crippen LogP contribution in [0.25, 0.3) is 11.1 Å². The monoisotopic (exact) mass is 334 g/mol. The van der Waals surface area contributed by atoms with Gasteiger partial charge in [0.05, 0.1) is 12.0 Å². The second-order valence-corrected chi connectivity index (χ2v) is 6.69. The molecule has 1 unspecified atom stereocenters. The normalized spacial score (nSPS) is 12.6. The molecule has 1 atom stereocenters. The minimum absolute atomic E-state index is 0.0616. The highest BCUT2D eigenvalue weighted by Crippen LogP contribution is 2.26. The van der Waals surface area contributed by atoms with Crippen molar-refractivity contribution in [3.63, 3.8) is 0 Å². The Bertz CT molecular complexity index is 801. The van der Waals surface area contributed by atoms with Gasteiger partial charge < -0.3 is 10.5 Å². The highest BCUT2D eigenvalue weighted by Gasteiger charge is 2.22. The number of esters is 1. The number of carbonyl (C=O) groups excluding carboxylic acids is 1. The molecule has 3 N–H and O–H groups in total. The van der Waals surface area contributed by atoms with Gasteiger partial charge in [-0.3, -0.25) is 4.79 Å². The fraction of sp³-hybridized carbons (Fsp3) is 0.188. The van der Waals surface area contributed by atoms with Crippen LogP contribution in [0.15, 0.2) is 53.4 Å². The highest BCUT2D eigenvalue weighted by molar-refractivity contribution is 7.89. The van der Waals surface area contributed by atoms with Gasteiger partial charge in [-0.15, -0.1) is 0 Å². The molecule has 122 valence electrons. The van der Waals surface area contributed by atoms with Crippen LogP contribution in [0, 0.1) is 0 Å². The molecule has 0 aromatic heterocycles. The first kappa shape index (κ1) is 17.0. The van der Waals surface area contributed by atoms with E-state index >= 15 is 0 Å². The summed E-state index contributed by atoms with van der Waals surface area (Å²) in [5.41, 5.74) is 8.16. The van der Waals surface area contributed by atoms with Gasteiger partial charge in [0.25, 0.3) is 0 Å². The van der Waals surface area contributed by atoms with Gasteiger partial charge in [-0.1, -0.05) is 30.3 Å². The Balaban J connectivity index is 2.25. The van der Waals surface area contributed by atoms with E-state index in [9.17, 15) is 13.2 Å². The first-order valence-electron chi connectivity index (χ1n) is 6.90. The number of hydrogen-bond donors (Lipinski definition) is 2. The van der Waals surface area contributed by atoms with Gasteiger partial charge in [0.1, 0.15) is 6.04 Å². The van der Waals surface area contributed by atoms with E-state index in [-0.39, 0.29) is 4.90 Å². The van der Waals surface area contributed by atoms with E-state index in [1.165, 1.54) is 26.2 Å². The molecule has 2 aromatic carbocycles. The fourth-order valence-corrected chi connectivity index (χ4v) is 3.29. The molecule has 7 heteroatoms. The zero-order valence-corrected chi connectivity index (χ0v) is 13.6. The lowest BCUT2D eigenvalue weighted by atomic mass is 10.0. The van der Waals surface area contributed by atoms with Gasteiger partial charge in [0.15, 0.2) is 0 Å². The second kappa shape index (κ2) is 6.80. The maximum absolute atomic E-state index is 12.2. The van der Waals surface area contributed by atoms with Crippen molar-refractivity contribution in [1.82, 2.24) is 4.72 Å². The SMILES string of the molecule is COC(=O)C(C)NS(=O)(=O)c1ccc(-c2ccccc2N)cc1. The van der Waals surface area contributed by atoms with Crippen LogP contribution in [0.4, 0.5) is 5.69 Å². The Hall–Kier alpha value is -2.38. The third-order valence-corrected chi connectivity index (χ3v) is 4.88. The van der Waals surface area contributed by atoms with E-state index in [1.807, 2.05) is 18.2 Å². The Morgan fingerprint density at radius 2 is 1.74 bits per heavy atom. The summed E-state index contributed by atoms with van der Waals surface area (Å²) in [5.74, 6) is -0.651. The number of para-hydroxylation sites is 1. The predicted molar refractivity (Wildman–Crippen MR) is 88.1 cm³/mol. The van der Waals surface area contributed by atoms with Crippen LogP contribution in [-0.4, -0.2) is 27.5 Å². The van der Waals surface area contributed by atoms with E-state index in [4.69, 9.17) is 5.73 Å². The van der Waals surface area contributed by atoms with Crippen molar-refractivity contribution in [2.24, 2.45) is 0 Å². The number of hydrogen-bond acceptors (Lipinski definition) is 5. The van der Waals surface area contributed by atoms with Crippen molar-refractivity contribution < 1.29 is 17.9 Å². The smallest absolute Gasteiger partial charge is 0.323 e. The maximum atomic E-state index is 12.2. The average molecular weight is 334 g/mol. The highest BCUT2D eigenvalue weighted by atomic mass is 32.2. The minimum Gasteiger partial charge on any atom is -0.468 e. The summed E-state index contributed by atoms with van der Waals surface area (Å²) < 4.78 is 31.2. The molecule has 0 aliphatic carbocycles. The summed E-state index contributed by atoms with van der Waals surface area (Å²) in [4.78, 5) is 11.4. The van der Waals surface area contributed by atoms with E-state index < -0.39 is 22.0 Å². The lowest BCUT2D eigenvalue weighted by Gasteiger charge is -2.12. The predicted octanol–water partition coefficient (Wildman–Crippen LogP) is 1.78. The largest absolute Gasteiger partial charge is 0.468 e. The molecule has 0 radical (unpaired) electrons. The molecule has 0 aliphatic heterocycles. The molecule has 0 saturated heterocycles. The lowest BCUT2D eigenvalue weighted by Crippen LogP contribution is -2.39. The number of ether oxygens (including phenoxy) is 1. The molecule has 0 fully saturated rings. The first-order chi connectivity index (χ1) is 10.8. The van der Waals surface area contributed by atoms with Crippen LogP contribution >= 0.6 is 0 Å². The number of carbonyl (C=O) groups is 1. The van der Waals surface area contributed by atoms with Crippen LogP contribution in [-0.2, 0) is 19.6 Å². The Morgan fingerprint density at radius 3 is 2.30 bits per heavy atom. The topological polar surface area (TPSA) is 98.5 Å². The van der Waals surface area contributed by atoms with E-state index in [0.717, 1.165) is 11.1 Å². The molecule has 0 amide bonds. The third-order valence-electron chi connectivity index (χ3n) is 3.32. The van der Waals surface area contributed by atoms with Crippen molar-refractivity contribution in [2.75, 3.05) is 12.8 Å². The van der Waals surface area contributed by atoms with Crippen molar-refractivity contribution in [3.8, 4) is 11.1 Å². The molecule has 0 bridgehead atoms. The van der Waals surface area contributed by atoms with Crippen molar-refractivity contribution in [3.05, 3.63) is 48.5 Å². The summed E-state index contributed by atoms with van der Waals surface area (Å²) in [5, 5.41) is 0. The van der Waals surface area contributed by atoms with Gasteiger partial charge >= 0.3 is 5.97 Å². The standard InChI is InChI=1S/C16H18N2O4S/c1-11(16(19)22-2)18-23(20,21)13-9-7-12(8-10-13)14-5-3-4-6-15(14)17/h3-11,18H,17H2,1-2H3. The molecule has 2 aromatic rings. The average Bonchev–Trinajstić information content (AvgIpc) is 2.54. The van der Waals surface area contributed by atoms with Gasteiger partial charge in [-0.05, 0) is 30.7 Å². The molecular weight excluding hydrogens is 316 g/mol. The van der Waals surface area contributed by atoms with Crippen LogP contribution in [0.5, 0.6) is 0 Å². The number of nitrogens with one attached hydrogen (secondary N) is 1. The molecule has 0 spiro atoms. The molecule has 23 heavy (non-hydrogen) atoms. The number of nitrogens with two attached hydrogens (primary N) is 1. The summed E-state index contributed by atoms with van der Waals surface area (Å²) in [6.45, 7) is 1.42. The Morgan fingerprint density at radius 1 is 1.13 bits per heavy atom. The Kier molecular flexibility index (Phi) is 5.02. The number of sulfonamides is 1. The van der Waals surface area contributed by atoms with Gasteiger partial charge in [-0.2, -0.15) is 4.72 Å². The molecule has 6 nitrogen and oxygen atoms in total. The number of methoxy groups -OCH3 is 1. The number of benzene rings is 2. The van der Waals surface area contributed by atoms with Gasteiger partial charge in [0.2, 0.25) is 10.0 Å². The zero-order chi connectivity index (χ0) is 17.0. The fourth-order valence-electron chi connectivity index (χ4n) is 2.10. The maximum Gasteiger partial charge on any atom is 0.323 e. The number of nitrogen functional groups attached to an aromatic ring is 1. The molecule has 0 saturated carbocycles. The number of anilines is 1. The van der Waals surface area contributed by atoms with E-state index in [2.05, 4.69) is 9.46 Å².